The molecular weight excluding hydrogens is 378 g/mol. The highest BCUT2D eigenvalue weighted by molar-refractivity contribution is 9.10. The number of hydrogen-bond acceptors (Lipinski definition) is 3. The van der Waals surface area contributed by atoms with Gasteiger partial charge in [-0.3, -0.25) is 4.79 Å². The fourth-order valence-electron chi connectivity index (χ4n) is 2.93. The maximum Gasteiger partial charge on any atom is 0.235 e. The highest BCUT2D eigenvalue weighted by Gasteiger charge is 2.31. The van der Waals surface area contributed by atoms with Crippen LogP contribution in [0.5, 0.6) is 0 Å². The number of benzene rings is 1. The van der Waals surface area contributed by atoms with Crippen LogP contribution in [0.1, 0.15) is 45.1 Å². The fraction of sp³-hybridized carbons (Fsp3) is 0.588. The molecule has 0 unspecified atom stereocenters. The normalized spacial score (nSPS) is 16.5. The van der Waals surface area contributed by atoms with Crippen LogP contribution in [0, 0.1) is 0 Å². The summed E-state index contributed by atoms with van der Waals surface area (Å²) in [5.74, 6) is -0.799. The van der Waals surface area contributed by atoms with Crippen LogP contribution in [-0.4, -0.2) is 31.9 Å². The minimum absolute atomic E-state index is 0.267. The van der Waals surface area contributed by atoms with Gasteiger partial charge in [-0.1, -0.05) is 54.8 Å². The zero-order chi connectivity index (χ0) is 17.1. The van der Waals surface area contributed by atoms with Gasteiger partial charge in [0.25, 0.3) is 0 Å². The molecule has 2 rings (SSSR count). The number of amides is 1. The lowest BCUT2D eigenvalue weighted by molar-refractivity contribution is -0.118. The lowest BCUT2D eigenvalue weighted by atomic mass is 9.84. The Morgan fingerprint density at radius 1 is 1.30 bits per heavy atom. The van der Waals surface area contributed by atoms with Crippen molar-refractivity contribution in [1.82, 2.24) is 5.32 Å². The summed E-state index contributed by atoms with van der Waals surface area (Å²) >= 11 is 3.45. The van der Waals surface area contributed by atoms with Crippen molar-refractivity contribution in [3.8, 4) is 0 Å². The van der Waals surface area contributed by atoms with Crippen molar-refractivity contribution in [3.05, 3.63) is 34.3 Å². The Bertz CT molecular complexity index is 664. The zero-order valence-electron chi connectivity index (χ0n) is 13.6. The molecule has 1 aliphatic rings. The highest BCUT2D eigenvalue weighted by Crippen LogP contribution is 2.26. The largest absolute Gasteiger partial charge is 0.354 e. The van der Waals surface area contributed by atoms with E-state index in [-0.39, 0.29) is 10.7 Å². The molecule has 1 N–H and O–H groups in total. The first-order chi connectivity index (χ1) is 10.7. The second-order valence-corrected chi connectivity index (χ2v) is 10.1. The molecule has 0 aliphatic heterocycles. The van der Waals surface area contributed by atoms with Crippen molar-refractivity contribution in [1.29, 1.82) is 0 Å². The van der Waals surface area contributed by atoms with Crippen LogP contribution in [0.4, 0.5) is 0 Å². The average Bonchev–Trinajstić information content (AvgIpc) is 3.00. The first kappa shape index (κ1) is 18.5. The quantitative estimate of drug-likeness (QED) is 0.795. The second-order valence-electron chi connectivity index (χ2n) is 6.88. The Hall–Kier alpha value is -0.880. The standard InChI is InChI=1S/C17H24BrNO3S/c1-17(2,13-6-5-7-14(18)10-13)12-19-16(20)11-23(21,22)15-8-3-4-9-15/h5-7,10,15H,3-4,8-9,11-12H2,1-2H3,(H,19,20). The monoisotopic (exact) mass is 401 g/mol. The first-order valence-corrected chi connectivity index (χ1v) is 10.5. The van der Waals surface area contributed by atoms with Crippen LogP contribution >= 0.6 is 15.9 Å². The Kier molecular flexibility index (Phi) is 5.89. The molecule has 128 valence electrons. The number of sulfone groups is 1. The van der Waals surface area contributed by atoms with Crippen LogP contribution in [0.2, 0.25) is 0 Å². The van der Waals surface area contributed by atoms with E-state index in [4.69, 9.17) is 0 Å². The Morgan fingerprint density at radius 2 is 1.96 bits per heavy atom. The van der Waals surface area contributed by atoms with Crippen molar-refractivity contribution in [2.24, 2.45) is 0 Å². The maximum atomic E-state index is 12.2. The molecular formula is C17H24BrNO3S. The molecule has 0 radical (unpaired) electrons. The molecule has 0 spiro atoms. The minimum atomic E-state index is -3.32. The average molecular weight is 402 g/mol. The van der Waals surface area contributed by atoms with Crippen molar-refractivity contribution in [3.63, 3.8) is 0 Å². The predicted octanol–water partition coefficient (Wildman–Crippen LogP) is 3.20. The predicted molar refractivity (Wildman–Crippen MR) is 96.2 cm³/mol. The van der Waals surface area contributed by atoms with Crippen LogP contribution in [0.15, 0.2) is 28.7 Å². The Morgan fingerprint density at radius 3 is 2.57 bits per heavy atom. The number of hydrogen-bond donors (Lipinski definition) is 1. The van der Waals surface area contributed by atoms with Gasteiger partial charge in [-0.15, -0.1) is 0 Å². The number of carbonyl (C=O) groups excluding carboxylic acids is 1. The lowest BCUT2D eigenvalue weighted by Crippen LogP contribution is -2.40. The maximum absolute atomic E-state index is 12.2. The van der Waals surface area contributed by atoms with Gasteiger partial charge in [0.1, 0.15) is 5.75 Å². The lowest BCUT2D eigenvalue weighted by Gasteiger charge is -2.26. The van der Waals surface area contributed by atoms with Gasteiger partial charge < -0.3 is 5.32 Å². The molecule has 1 aromatic carbocycles. The number of carbonyl (C=O) groups is 1. The van der Waals surface area contributed by atoms with Crippen molar-refractivity contribution < 1.29 is 13.2 Å². The van der Waals surface area contributed by atoms with Gasteiger partial charge >= 0.3 is 0 Å². The third-order valence-corrected chi connectivity index (χ3v) is 7.12. The second kappa shape index (κ2) is 7.34. The summed E-state index contributed by atoms with van der Waals surface area (Å²) in [6.07, 6.45) is 3.28. The van der Waals surface area contributed by atoms with Crippen LogP contribution in [0.25, 0.3) is 0 Å². The number of halogens is 1. The third kappa shape index (κ3) is 5.05. The molecule has 4 nitrogen and oxygen atoms in total. The van der Waals surface area contributed by atoms with E-state index in [1.807, 2.05) is 38.1 Å². The summed E-state index contributed by atoms with van der Waals surface area (Å²) in [5, 5.41) is 2.46. The molecule has 0 aromatic heterocycles. The van der Waals surface area contributed by atoms with E-state index in [0.29, 0.717) is 19.4 Å². The van der Waals surface area contributed by atoms with Crippen molar-refractivity contribution in [2.45, 2.75) is 50.2 Å². The molecule has 6 heteroatoms. The zero-order valence-corrected chi connectivity index (χ0v) is 16.0. The van der Waals surface area contributed by atoms with Crippen LogP contribution in [0.3, 0.4) is 0 Å². The van der Waals surface area contributed by atoms with Crippen molar-refractivity contribution >= 4 is 31.7 Å². The van der Waals surface area contributed by atoms with Gasteiger partial charge in [-0.25, -0.2) is 8.42 Å². The van der Waals surface area contributed by atoms with E-state index in [1.165, 1.54) is 0 Å². The molecule has 1 amide bonds. The molecule has 1 aliphatic carbocycles. The van der Waals surface area contributed by atoms with Crippen molar-refractivity contribution in [2.75, 3.05) is 12.3 Å². The molecule has 1 aromatic rings. The summed E-state index contributed by atoms with van der Waals surface area (Å²) in [6, 6.07) is 7.92. The van der Waals surface area contributed by atoms with E-state index in [2.05, 4.69) is 21.2 Å². The van der Waals surface area contributed by atoms with Gasteiger partial charge in [0.15, 0.2) is 9.84 Å². The molecule has 0 bridgehead atoms. The molecule has 0 atom stereocenters. The molecule has 1 fully saturated rings. The highest BCUT2D eigenvalue weighted by atomic mass is 79.9. The Labute approximate surface area is 147 Å². The van der Waals surface area contributed by atoms with E-state index in [9.17, 15) is 13.2 Å². The van der Waals surface area contributed by atoms with E-state index in [1.54, 1.807) is 0 Å². The van der Waals surface area contributed by atoms with E-state index < -0.39 is 21.5 Å². The van der Waals surface area contributed by atoms with Gasteiger partial charge in [0.05, 0.1) is 5.25 Å². The summed E-state index contributed by atoms with van der Waals surface area (Å²) in [5.41, 5.74) is 0.821. The molecule has 0 saturated heterocycles. The topological polar surface area (TPSA) is 63.2 Å². The summed E-state index contributed by atoms with van der Waals surface area (Å²) in [7, 11) is -3.32. The van der Waals surface area contributed by atoms with Gasteiger partial charge in [0, 0.05) is 16.4 Å². The van der Waals surface area contributed by atoms with Crippen LogP contribution < -0.4 is 5.32 Å². The molecule has 0 heterocycles. The SMILES string of the molecule is CC(C)(CNC(=O)CS(=O)(=O)C1CCCC1)c1cccc(Br)c1. The smallest absolute Gasteiger partial charge is 0.235 e. The number of rotatable bonds is 6. The van der Waals surface area contributed by atoms with E-state index in [0.717, 1.165) is 22.9 Å². The van der Waals surface area contributed by atoms with E-state index >= 15 is 0 Å². The third-order valence-electron chi connectivity index (χ3n) is 4.48. The van der Waals surface area contributed by atoms with Gasteiger partial charge in [-0.2, -0.15) is 0 Å². The summed E-state index contributed by atoms with van der Waals surface area (Å²) < 4.78 is 25.4. The first-order valence-electron chi connectivity index (χ1n) is 7.95. The fourth-order valence-corrected chi connectivity index (χ4v) is 5.08. The summed E-state index contributed by atoms with van der Waals surface area (Å²) in [6.45, 7) is 4.46. The van der Waals surface area contributed by atoms with Crippen LogP contribution in [-0.2, 0) is 20.0 Å². The number of nitrogens with one attached hydrogen (secondary N) is 1. The summed E-state index contributed by atoms with van der Waals surface area (Å²) in [4.78, 5) is 12.1. The minimum Gasteiger partial charge on any atom is -0.354 e. The van der Waals surface area contributed by atoms with Gasteiger partial charge in [0.2, 0.25) is 5.91 Å². The van der Waals surface area contributed by atoms with Gasteiger partial charge in [-0.05, 0) is 30.5 Å². The molecule has 23 heavy (non-hydrogen) atoms. The molecule has 1 saturated carbocycles. The Balaban J connectivity index is 1.93.